The van der Waals surface area contributed by atoms with E-state index in [9.17, 15) is 4.79 Å². The van der Waals surface area contributed by atoms with Crippen LogP contribution in [-0.2, 0) is 17.6 Å². The highest BCUT2D eigenvalue weighted by atomic mass is 35.5. The fourth-order valence-electron chi connectivity index (χ4n) is 3.63. The first kappa shape index (κ1) is 15.9. The molecule has 0 radical (unpaired) electrons. The molecule has 4 nitrogen and oxygen atoms in total. The number of hydrogen-bond donors (Lipinski definition) is 0. The van der Waals surface area contributed by atoms with E-state index in [1.165, 1.54) is 10.6 Å². The maximum absolute atomic E-state index is 12.9. The van der Waals surface area contributed by atoms with Crippen molar-refractivity contribution in [2.24, 2.45) is 5.92 Å². The normalized spacial score (nSPS) is 20.8. The number of aromatic nitrogens is 1. The third kappa shape index (κ3) is 3.15. The van der Waals surface area contributed by atoms with Crippen molar-refractivity contribution in [2.75, 3.05) is 31.1 Å². The van der Waals surface area contributed by atoms with Gasteiger partial charge in [-0.2, -0.15) is 0 Å². The number of rotatable bonds is 2. The summed E-state index contributed by atoms with van der Waals surface area (Å²) in [6.45, 7) is 3.31. The zero-order valence-electron chi connectivity index (χ0n) is 13.4. The average molecular weight is 362 g/mol. The first-order valence-corrected chi connectivity index (χ1v) is 9.67. The molecule has 4 rings (SSSR count). The van der Waals surface area contributed by atoms with E-state index in [1.807, 2.05) is 28.6 Å². The van der Waals surface area contributed by atoms with Crippen LogP contribution >= 0.6 is 22.9 Å². The van der Waals surface area contributed by atoms with E-state index in [2.05, 4.69) is 16.0 Å². The van der Waals surface area contributed by atoms with Gasteiger partial charge in [0.15, 0.2) is 0 Å². The van der Waals surface area contributed by atoms with Crippen molar-refractivity contribution < 1.29 is 4.79 Å². The Morgan fingerprint density at radius 3 is 2.88 bits per heavy atom. The number of anilines is 1. The number of fused-ring (bicyclic) bond motifs is 1. The van der Waals surface area contributed by atoms with Gasteiger partial charge in [-0.25, -0.2) is 4.98 Å². The molecular formula is C18H20ClN3OS. The lowest BCUT2D eigenvalue weighted by Gasteiger charge is -2.38. The van der Waals surface area contributed by atoms with Gasteiger partial charge in [-0.05, 0) is 37.5 Å². The lowest BCUT2D eigenvalue weighted by molar-refractivity contribution is -0.136. The summed E-state index contributed by atoms with van der Waals surface area (Å²) in [6, 6.07) is 7.94. The average Bonchev–Trinajstić information content (AvgIpc) is 3.09. The molecule has 1 amide bonds. The van der Waals surface area contributed by atoms with Gasteiger partial charge in [-0.15, -0.1) is 11.3 Å². The van der Waals surface area contributed by atoms with Crippen LogP contribution in [0.2, 0.25) is 5.02 Å². The molecule has 0 spiro atoms. The van der Waals surface area contributed by atoms with Gasteiger partial charge in [-0.1, -0.05) is 17.7 Å². The number of thiazole rings is 1. The smallest absolute Gasteiger partial charge is 0.226 e. The Morgan fingerprint density at radius 1 is 1.25 bits per heavy atom. The van der Waals surface area contributed by atoms with Gasteiger partial charge < -0.3 is 9.80 Å². The van der Waals surface area contributed by atoms with E-state index in [0.29, 0.717) is 5.91 Å². The molecule has 6 heteroatoms. The molecule has 126 valence electrons. The summed E-state index contributed by atoms with van der Waals surface area (Å²) >= 11 is 7.77. The van der Waals surface area contributed by atoms with Gasteiger partial charge in [0.1, 0.15) is 0 Å². The van der Waals surface area contributed by atoms with E-state index < -0.39 is 0 Å². The van der Waals surface area contributed by atoms with E-state index in [1.54, 1.807) is 11.3 Å². The molecule has 0 bridgehead atoms. The third-order valence-electron chi connectivity index (χ3n) is 5.00. The van der Waals surface area contributed by atoms with E-state index in [0.717, 1.165) is 56.2 Å². The Labute approximate surface area is 151 Å². The summed E-state index contributed by atoms with van der Waals surface area (Å²) in [5.74, 6) is 0.454. The number of piperazine rings is 1. The molecule has 1 aliphatic carbocycles. The summed E-state index contributed by atoms with van der Waals surface area (Å²) in [5.41, 5.74) is 4.25. The van der Waals surface area contributed by atoms with Crippen LogP contribution in [0.15, 0.2) is 29.8 Å². The number of nitrogens with zero attached hydrogens (tertiary/aromatic N) is 3. The molecule has 1 fully saturated rings. The van der Waals surface area contributed by atoms with E-state index >= 15 is 0 Å². The fraction of sp³-hybridized carbons (Fsp3) is 0.444. The number of amides is 1. The summed E-state index contributed by atoms with van der Waals surface area (Å²) in [7, 11) is 0. The van der Waals surface area contributed by atoms with Crippen molar-refractivity contribution in [3.63, 3.8) is 0 Å². The van der Waals surface area contributed by atoms with Crippen LogP contribution < -0.4 is 4.90 Å². The van der Waals surface area contributed by atoms with Crippen molar-refractivity contribution in [2.45, 2.75) is 19.3 Å². The highest BCUT2D eigenvalue weighted by molar-refractivity contribution is 7.09. The minimum atomic E-state index is 0.135. The van der Waals surface area contributed by atoms with Crippen molar-refractivity contribution in [1.29, 1.82) is 0 Å². The Balaban J connectivity index is 1.37. The number of carbonyl (C=O) groups excluding carboxylic acids is 1. The van der Waals surface area contributed by atoms with Crippen molar-refractivity contribution >= 4 is 34.5 Å². The summed E-state index contributed by atoms with van der Waals surface area (Å²) < 4.78 is 0. The number of hydrogen-bond acceptors (Lipinski definition) is 4. The standard InChI is InChI=1S/C18H20ClN3OS/c19-14-2-1-3-15(11-14)21-6-8-22(9-7-21)18(23)13-4-5-16-17(10-13)24-12-20-16/h1-3,11-13H,4-10H2. The minimum absolute atomic E-state index is 0.135. The second-order valence-corrected chi connectivity index (χ2v) is 7.83. The Kier molecular flexibility index (Phi) is 4.46. The summed E-state index contributed by atoms with van der Waals surface area (Å²) in [5, 5.41) is 0.758. The second-order valence-electron chi connectivity index (χ2n) is 6.45. The first-order valence-electron chi connectivity index (χ1n) is 8.41. The molecule has 2 aromatic rings. The maximum atomic E-state index is 12.9. The molecule has 1 aromatic heterocycles. The summed E-state index contributed by atoms with van der Waals surface area (Å²) in [4.78, 5) is 22.9. The Morgan fingerprint density at radius 2 is 2.08 bits per heavy atom. The van der Waals surface area contributed by atoms with Gasteiger partial charge in [0.2, 0.25) is 5.91 Å². The lowest BCUT2D eigenvalue weighted by atomic mass is 9.90. The number of halogens is 1. The predicted molar refractivity (Wildman–Crippen MR) is 97.9 cm³/mol. The maximum Gasteiger partial charge on any atom is 0.226 e. The van der Waals surface area contributed by atoms with Crippen LogP contribution in [0.4, 0.5) is 5.69 Å². The molecule has 1 unspecified atom stereocenters. The molecular weight excluding hydrogens is 342 g/mol. The predicted octanol–water partition coefficient (Wildman–Crippen LogP) is 3.25. The van der Waals surface area contributed by atoms with Crippen molar-refractivity contribution in [3.8, 4) is 0 Å². The summed E-state index contributed by atoms with van der Waals surface area (Å²) in [6.07, 6.45) is 2.75. The molecule has 1 saturated heterocycles. The third-order valence-corrected chi connectivity index (χ3v) is 6.13. The number of benzene rings is 1. The molecule has 1 aromatic carbocycles. The van der Waals surface area contributed by atoms with Gasteiger partial charge in [0.25, 0.3) is 0 Å². The van der Waals surface area contributed by atoms with Gasteiger partial charge in [-0.3, -0.25) is 4.79 Å². The molecule has 24 heavy (non-hydrogen) atoms. The zero-order valence-corrected chi connectivity index (χ0v) is 15.0. The zero-order chi connectivity index (χ0) is 16.5. The molecule has 2 heterocycles. The molecule has 1 aliphatic heterocycles. The highest BCUT2D eigenvalue weighted by Crippen LogP contribution is 2.29. The molecule has 0 saturated carbocycles. The molecule has 1 atom stereocenters. The van der Waals surface area contributed by atoms with Gasteiger partial charge in [0, 0.05) is 47.7 Å². The van der Waals surface area contributed by atoms with Crippen LogP contribution in [0, 0.1) is 5.92 Å². The van der Waals surface area contributed by atoms with Crippen LogP contribution in [0.3, 0.4) is 0 Å². The van der Waals surface area contributed by atoms with Crippen LogP contribution in [0.5, 0.6) is 0 Å². The lowest BCUT2D eigenvalue weighted by Crippen LogP contribution is -2.51. The minimum Gasteiger partial charge on any atom is -0.368 e. The number of carbonyl (C=O) groups is 1. The molecule has 0 N–H and O–H groups in total. The van der Waals surface area contributed by atoms with Crippen molar-refractivity contribution in [1.82, 2.24) is 9.88 Å². The largest absolute Gasteiger partial charge is 0.368 e. The first-order chi connectivity index (χ1) is 11.7. The quantitative estimate of drug-likeness (QED) is 0.823. The Bertz CT molecular complexity index is 739. The van der Waals surface area contributed by atoms with Crippen LogP contribution in [0.25, 0.3) is 0 Å². The number of aryl methyl sites for hydroxylation is 1. The van der Waals surface area contributed by atoms with Gasteiger partial charge in [0.05, 0.1) is 11.2 Å². The van der Waals surface area contributed by atoms with Crippen molar-refractivity contribution in [3.05, 3.63) is 45.4 Å². The SMILES string of the molecule is O=C(C1CCc2ncsc2C1)N1CCN(c2cccc(Cl)c2)CC1. The van der Waals surface area contributed by atoms with E-state index in [4.69, 9.17) is 11.6 Å². The monoisotopic (exact) mass is 361 g/mol. The molecule has 2 aliphatic rings. The fourth-order valence-corrected chi connectivity index (χ4v) is 4.71. The van der Waals surface area contributed by atoms with Crippen LogP contribution in [-0.4, -0.2) is 42.0 Å². The topological polar surface area (TPSA) is 36.4 Å². The van der Waals surface area contributed by atoms with Gasteiger partial charge >= 0.3 is 0 Å². The van der Waals surface area contributed by atoms with Crippen LogP contribution in [0.1, 0.15) is 17.0 Å². The second kappa shape index (κ2) is 6.73. The Hall–Kier alpha value is -1.59. The van der Waals surface area contributed by atoms with E-state index in [-0.39, 0.29) is 5.92 Å². The highest BCUT2D eigenvalue weighted by Gasteiger charge is 2.31.